The summed E-state index contributed by atoms with van der Waals surface area (Å²) < 4.78 is 1.52. The average Bonchev–Trinajstić information content (AvgIpc) is 2.71. The summed E-state index contributed by atoms with van der Waals surface area (Å²) in [5.74, 6) is 0.481. The Kier molecular flexibility index (Phi) is 1.88. The van der Waals surface area contributed by atoms with Gasteiger partial charge < -0.3 is 5.73 Å². The van der Waals surface area contributed by atoms with Gasteiger partial charge in [-0.1, -0.05) is 0 Å². The zero-order valence-corrected chi connectivity index (χ0v) is 7.25. The van der Waals surface area contributed by atoms with Gasteiger partial charge in [-0.15, -0.1) is 0 Å². The molecule has 0 aliphatic heterocycles. The van der Waals surface area contributed by atoms with Gasteiger partial charge in [-0.25, -0.2) is 9.67 Å². The molecule has 0 saturated heterocycles. The lowest BCUT2D eigenvalue weighted by molar-refractivity contribution is 0.849. The minimum absolute atomic E-state index is 0.346. The largest absolute Gasteiger partial charge is 0.395 e. The van der Waals surface area contributed by atoms with E-state index in [1.54, 1.807) is 24.5 Å². The molecule has 0 unspecified atom stereocenters. The van der Waals surface area contributed by atoms with Gasteiger partial charge in [-0.2, -0.15) is 10.4 Å². The van der Waals surface area contributed by atoms with Crippen LogP contribution in [0.3, 0.4) is 0 Å². The smallest absolute Gasteiger partial charge is 0.177 e. The number of aromatic nitrogens is 3. The molecular weight excluding hydrogens is 178 g/mol. The molecular formula is C9H7N5. The highest BCUT2D eigenvalue weighted by Crippen LogP contribution is 2.16. The van der Waals surface area contributed by atoms with Crippen molar-refractivity contribution in [2.24, 2.45) is 0 Å². The van der Waals surface area contributed by atoms with Gasteiger partial charge in [0, 0.05) is 18.6 Å². The van der Waals surface area contributed by atoms with E-state index >= 15 is 0 Å². The Labute approximate surface area is 80.4 Å². The number of hydrogen-bond donors (Lipinski definition) is 1. The predicted molar refractivity (Wildman–Crippen MR) is 50.5 cm³/mol. The summed E-state index contributed by atoms with van der Waals surface area (Å²) in [7, 11) is 0. The first-order valence-corrected chi connectivity index (χ1v) is 3.97. The van der Waals surface area contributed by atoms with Crippen LogP contribution in [0.2, 0.25) is 0 Å². The zero-order valence-electron chi connectivity index (χ0n) is 7.25. The predicted octanol–water partition coefficient (Wildman–Crippen LogP) is 0.721. The van der Waals surface area contributed by atoms with Gasteiger partial charge in [-0.05, 0) is 12.1 Å². The summed E-state index contributed by atoms with van der Waals surface area (Å²) in [5, 5.41) is 12.7. The first kappa shape index (κ1) is 8.26. The summed E-state index contributed by atoms with van der Waals surface area (Å²) in [4.78, 5) is 4.05. The number of anilines is 1. The van der Waals surface area contributed by atoms with Gasteiger partial charge in [0.1, 0.15) is 6.07 Å². The summed E-state index contributed by atoms with van der Waals surface area (Å²) in [6, 6.07) is 5.33. The maximum Gasteiger partial charge on any atom is 0.177 e. The number of hydrogen-bond acceptors (Lipinski definition) is 4. The molecule has 0 aliphatic rings. The molecule has 0 atom stereocenters. The van der Waals surface area contributed by atoms with E-state index in [0.717, 1.165) is 0 Å². The van der Waals surface area contributed by atoms with Gasteiger partial charge in [0.25, 0.3) is 0 Å². The van der Waals surface area contributed by atoms with Gasteiger partial charge >= 0.3 is 0 Å². The fraction of sp³-hybridized carbons (Fsp3) is 0. The Morgan fingerprint density at radius 3 is 2.93 bits per heavy atom. The van der Waals surface area contributed by atoms with E-state index in [2.05, 4.69) is 10.1 Å². The van der Waals surface area contributed by atoms with Gasteiger partial charge in [0.05, 0.1) is 11.3 Å². The first-order chi connectivity index (χ1) is 6.83. The minimum Gasteiger partial charge on any atom is -0.395 e. The Morgan fingerprint density at radius 1 is 1.43 bits per heavy atom. The van der Waals surface area contributed by atoms with Crippen molar-refractivity contribution in [1.82, 2.24) is 14.8 Å². The third kappa shape index (κ3) is 1.19. The second-order valence-electron chi connectivity index (χ2n) is 2.66. The molecule has 0 aromatic carbocycles. The fourth-order valence-corrected chi connectivity index (χ4v) is 1.14. The minimum atomic E-state index is 0.346. The molecule has 5 nitrogen and oxygen atoms in total. The molecule has 0 bridgehead atoms. The molecule has 0 spiro atoms. The van der Waals surface area contributed by atoms with E-state index < -0.39 is 0 Å². The lowest BCUT2D eigenvalue weighted by Crippen LogP contribution is -2.04. The molecule has 0 radical (unpaired) electrons. The molecule has 2 aromatic heterocycles. The fourth-order valence-electron chi connectivity index (χ4n) is 1.14. The van der Waals surface area contributed by atoms with Crippen LogP contribution in [0.5, 0.6) is 0 Å². The summed E-state index contributed by atoms with van der Waals surface area (Å²) in [6.45, 7) is 0. The molecule has 0 saturated carbocycles. The number of nitrogen functional groups attached to an aromatic ring is 1. The van der Waals surface area contributed by atoms with Crippen LogP contribution in [0.4, 0.5) is 5.69 Å². The molecule has 2 heterocycles. The lowest BCUT2D eigenvalue weighted by atomic mass is 10.2. The molecule has 68 valence electrons. The van der Waals surface area contributed by atoms with Crippen molar-refractivity contribution in [3.05, 3.63) is 36.3 Å². The molecule has 2 aromatic rings. The summed E-state index contributed by atoms with van der Waals surface area (Å²) >= 11 is 0. The van der Waals surface area contributed by atoms with Gasteiger partial charge in [0.2, 0.25) is 0 Å². The Bertz CT molecular complexity index is 480. The van der Waals surface area contributed by atoms with Crippen LogP contribution >= 0.6 is 0 Å². The van der Waals surface area contributed by atoms with E-state index in [0.29, 0.717) is 17.1 Å². The van der Waals surface area contributed by atoms with E-state index in [-0.39, 0.29) is 0 Å². The van der Waals surface area contributed by atoms with Crippen LogP contribution < -0.4 is 5.73 Å². The van der Waals surface area contributed by atoms with Crippen LogP contribution in [0.1, 0.15) is 5.56 Å². The van der Waals surface area contributed by atoms with Crippen molar-refractivity contribution in [3.8, 4) is 11.9 Å². The van der Waals surface area contributed by atoms with Crippen molar-refractivity contribution >= 4 is 5.69 Å². The van der Waals surface area contributed by atoms with Crippen molar-refractivity contribution in [2.75, 3.05) is 5.73 Å². The van der Waals surface area contributed by atoms with E-state index in [9.17, 15) is 0 Å². The number of nitriles is 1. The monoisotopic (exact) mass is 185 g/mol. The second-order valence-corrected chi connectivity index (χ2v) is 2.66. The summed E-state index contributed by atoms with van der Waals surface area (Å²) in [5.41, 5.74) is 6.49. The maximum atomic E-state index is 8.75. The summed E-state index contributed by atoms with van der Waals surface area (Å²) in [6.07, 6.45) is 4.88. The molecule has 0 amide bonds. The van der Waals surface area contributed by atoms with Crippen molar-refractivity contribution < 1.29 is 0 Å². The van der Waals surface area contributed by atoms with E-state index in [1.807, 2.05) is 6.07 Å². The Balaban J connectivity index is 2.61. The third-order valence-electron chi connectivity index (χ3n) is 1.81. The quantitative estimate of drug-likeness (QED) is 0.709. The lowest BCUT2D eigenvalue weighted by Gasteiger charge is -2.04. The number of nitrogens with two attached hydrogens (primary N) is 1. The topological polar surface area (TPSA) is 80.5 Å². The van der Waals surface area contributed by atoms with Crippen LogP contribution in [0.25, 0.3) is 5.82 Å². The van der Waals surface area contributed by atoms with Crippen LogP contribution in [-0.2, 0) is 0 Å². The number of nitrogens with zero attached hydrogens (tertiary/aromatic N) is 4. The third-order valence-corrected chi connectivity index (χ3v) is 1.81. The molecule has 2 rings (SSSR count). The highest BCUT2D eigenvalue weighted by Gasteiger charge is 2.07. The Morgan fingerprint density at radius 2 is 2.29 bits per heavy atom. The molecule has 0 fully saturated rings. The number of rotatable bonds is 1. The van der Waals surface area contributed by atoms with Crippen LogP contribution in [0.15, 0.2) is 30.7 Å². The van der Waals surface area contributed by atoms with Crippen LogP contribution in [-0.4, -0.2) is 14.8 Å². The molecule has 5 heteroatoms. The van der Waals surface area contributed by atoms with Crippen LogP contribution in [0, 0.1) is 11.3 Å². The SMILES string of the molecule is N#Cc1ccnc(-n2cccn2)c1N. The Hall–Kier alpha value is -2.35. The number of pyridine rings is 1. The van der Waals surface area contributed by atoms with Crippen molar-refractivity contribution in [1.29, 1.82) is 5.26 Å². The van der Waals surface area contributed by atoms with Crippen molar-refractivity contribution in [3.63, 3.8) is 0 Å². The molecule has 2 N–H and O–H groups in total. The highest BCUT2D eigenvalue weighted by molar-refractivity contribution is 5.62. The van der Waals surface area contributed by atoms with Gasteiger partial charge in [-0.3, -0.25) is 0 Å². The van der Waals surface area contributed by atoms with Crippen molar-refractivity contribution in [2.45, 2.75) is 0 Å². The molecule has 0 aliphatic carbocycles. The highest BCUT2D eigenvalue weighted by atomic mass is 15.3. The first-order valence-electron chi connectivity index (χ1n) is 3.97. The average molecular weight is 185 g/mol. The maximum absolute atomic E-state index is 8.75. The molecule has 14 heavy (non-hydrogen) atoms. The standard InChI is InChI=1S/C9H7N5/c10-6-7-2-4-12-9(8(7)11)14-5-1-3-13-14/h1-5H,11H2. The van der Waals surface area contributed by atoms with E-state index in [4.69, 9.17) is 11.0 Å². The zero-order chi connectivity index (χ0) is 9.97. The normalized spacial score (nSPS) is 9.64. The van der Waals surface area contributed by atoms with Gasteiger partial charge in [0.15, 0.2) is 5.82 Å². The second kappa shape index (κ2) is 3.18. The van der Waals surface area contributed by atoms with E-state index in [1.165, 1.54) is 10.9 Å².